The zero-order valence-corrected chi connectivity index (χ0v) is 12.3. The van der Waals surface area contributed by atoms with Crippen molar-refractivity contribution in [3.8, 4) is 0 Å². The maximum atomic E-state index is 11.8. The van der Waals surface area contributed by atoms with Gasteiger partial charge in [0.1, 0.15) is 12.2 Å². The van der Waals surface area contributed by atoms with Crippen molar-refractivity contribution in [1.82, 2.24) is 4.90 Å². The Hall–Kier alpha value is -2.24. The van der Waals surface area contributed by atoms with E-state index in [9.17, 15) is 9.59 Å². The van der Waals surface area contributed by atoms with Gasteiger partial charge in [0.25, 0.3) is 0 Å². The number of hydrogen-bond donors (Lipinski definition) is 0. The van der Waals surface area contributed by atoms with E-state index >= 15 is 0 Å². The molecule has 0 spiro atoms. The van der Waals surface area contributed by atoms with Gasteiger partial charge in [-0.3, -0.25) is 0 Å². The molecular formula is C15H19NO5. The second-order valence-electron chi connectivity index (χ2n) is 4.97. The molecule has 1 saturated heterocycles. The van der Waals surface area contributed by atoms with Gasteiger partial charge in [0, 0.05) is 13.5 Å². The summed E-state index contributed by atoms with van der Waals surface area (Å²) in [4.78, 5) is 24.5. The summed E-state index contributed by atoms with van der Waals surface area (Å²) in [5.74, 6) is 0. The molecule has 3 atom stereocenters. The molecule has 6 nitrogen and oxygen atoms in total. The molecule has 2 rings (SSSR count). The molecule has 0 aromatic heterocycles. The summed E-state index contributed by atoms with van der Waals surface area (Å²) in [7, 11) is 2.99. The highest BCUT2D eigenvalue weighted by atomic mass is 16.8. The van der Waals surface area contributed by atoms with E-state index in [0.29, 0.717) is 6.42 Å². The van der Waals surface area contributed by atoms with E-state index in [4.69, 9.17) is 14.2 Å². The zero-order chi connectivity index (χ0) is 15.4. The van der Waals surface area contributed by atoms with Crippen LogP contribution in [0.3, 0.4) is 0 Å². The van der Waals surface area contributed by atoms with E-state index in [1.165, 1.54) is 12.0 Å². The van der Waals surface area contributed by atoms with Crippen molar-refractivity contribution in [3.63, 3.8) is 0 Å². The fourth-order valence-electron chi connectivity index (χ4n) is 2.40. The molecule has 1 fully saturated rings. The van der Waals surface area contributed by atoms with Gasteiger partial charge in [0.2, 0.25) is 0 Å². The maximum absolute atomic E-state index is 11.8. The van der Waals surface area contributed by atoms with Gasteiger partial charge in [-0.1, -0.05) is 30.3 Å². The molecule has 6 heteroatoms. The highest BCUT2D eigenvalue weighted by Gasteiger charge is 2.37. The Morgan fingerprint density at radius 2 is 2.00 bits per heavy atom. The Morgan fingerprint density at radius 3 is 2.52 bits per heavy atom. The van der Waals surface area contributed by atoms with Gasteiger partial charge < -0.3 is 19.1 Å². The first-order valence-corrected chi connectivity index (χ1v) is 6.76. The van der Waals surface area contributed by atoms with Crippen LogP contribution in [0.4, 0.5) is 9.59 Å². The van der Waals surface area contributed by atoms with E-state index in [2.05, 4.69) is 0 Å². The van der Waals surface area contributed by atoms with Crippen molar-refractivity contribution >= 4 is 12.2 Å². The normalized spacial score (nSPS) is 22.1. The lowest BCUT2D eigenvalue weighted by atomic mass is 9.97. The van der Waals surface area contributed by atoms with Crippen LogP contribution < -0.4 is 0 Å². The van der Waals surface area contributed by atoms with Crippen LogP contribution in [-0.2, 0) is 14.2 Å². The third kappa shape index (κ3) is 3.45. The predicted molar refractivity (Wildman–Crippen MR) is 74.8 cm³/mol. The van der Waals surface area contributed by atoms with Crippen molar-refractivity contribution in [3.05, 3.63) is 35.9 Å². The standard InChI is InChI=1S/C15H19NO5/c1-10-13(21-15(18)20-10)9-12(16(2)14(17)19-3)11-7-5-4-6-8-11/h4-8,10,12-13H,9H2,1-3H3/t10-,12-,13-/m0/s1. The fourth-order valence-corrected chi connectivity index (χ4v) is 2.40. The van der Waals surface area contributed by atoms with Crippen LogP contribution in [0.15, 0.2) is 30.3 Å². The number of benzene rings is 1. The molecule has 0 aliphatic carbocycles. The first kappa shape index (κ1) is 15.2. The monoisotopic (exact) mass is 293 g/mol. The SMILES string of the molecule is COC(=O)N(C)[C@@H](C[C@@H]1OC(=O)O[C@H]1C)c1ccccc1. The predicted octanol–water partition coefficient (Wildman–Crippen LogP) is 2.74. The highest BCUT2D eigenvalue weighted by molar-refractivity contribution is 5.68. The van der Waals surface area contributed by atoms with Gasteiger partial charge in [-0.25, -0.2) is 9.59 Å². The number of rotatable bonds is 4. The molecular weight excluding hydrogens is 274 g/mol. The van der Waals surface area contributed by atoms with Crippen molar-refractivity contribution in [2.24, 2.45) is 0 Å². The van der Waals surface area contributed by atoms with E-state index in [1.54, 1.807) is 14.0 Å². The van der Waals surface area contributed by atoms with Gasteiger partial charge in [-0.2, -0.15) is 0 Å². The average Bonchev–Trinajstić information content (AvgIpc) is 2.81. The summed E-state index contributed by atoms with van der Waals surface area (Å²) in [6.07, 6.45) is -1.39. The minimum Gasteiger partial charge on any atom is -0.453 e. The van der Waals surface area contributed by atoms with Crippen molar-refractivity contribution in [2.75, 3.05) is 14.2 Å². The lowest BCUT2D eigenvalue weighted by molar-refractivity contribution is 0.0850. The van der Waals surface area contributed by atoms with Crippen LogP contribution in [0.5, 0.6) is 0 Å². The average molecular weight is 293 g/mol. The third-order valence-electron chi connectivity index (χ3n) is 3.62. The minimum atomic E-state index is -0.667. The second-order valence-corrected chi connectivity index (χ2v) is 4.97. The second kappa shape index (κ2) is 6.47. The summed E-state index contributed by atoms with van der Waals surface area (Å²) in [6.45, 7) is 1.77. The highest BCUT2D eigenvalue weighted by Crippen LogP contribution is 2.30. The maximum Gasteiger partial charge on any atom is 0.509 e. The lowest BCUT2D eigenvalue weighted by Gasteiger charge is -2.29. The molecule has 1 aromatic rings. The van der Waals surface area contributed by atoms with Crippen LogP contribution in [0, 0.1) is 0 Å². The van der Waals surface area contributed by atoms with Crippen molar-refractivity contribution in [2.45, 2.75) is 31.6 Å². The first-order chi connectivity index (χ1) is 10.0. The van der Waals surface area contributed by atoms with Gasteiger partial charge in [-0.05, 0) is 12.5 Å². The minimum absolute atomic E-state index is 0.263. The summed E-state index contributed by atoms with van der Waals surface area (Å²) >= 11 is 0. The number of nitrogens with zero attached hydrogens (tertiary/aromatic N) is 1. The van der Waals surface area contributed by atoms with Crippen molar-refractivity contribution in [1.29, 1.82) is 0 Å². The quantitative estimate of drug-likeness (QED) is 0.799. The summed E-state index contributed by atoms with van der Waals surface area (Å²) in [5.41, 5.74) is 0.945. The number of carbonyl (C=O) groups excluding carboxylic acids is 2. The van der Waals surface area contributed by atoms with Crippen LogP contribution in [0.25, 0.3) is 0 Å². The van der Waals surface area contributed by atoms with E-state index in [0.717, 1.165) is 5.56 Å². The Labute approximate surface area is 123 Å². The van der Waals surface area contributed by atoms with E-state index in [1.807, 2.05) is 30.3 Å². The van der Waals surface area contributed by atoms with Crippen LogP contribution >= 0.6 is 0 Å². The number of methoxy groups -OCH3 is 1. The molecule has 0 radical (unpaired) electrons. The largest absolute Gasteiger partial charge is 0.509 e. The van der Waals surface area contributed by atoms with Gasteiger partial charge >= 0.3 is 12.2 Å². The number of hydrogen-bond acceptors (Lipinski definition) is 5. The molecule has 0 bridgehead atoms. The lowest BCUT2D eigenvalue weighted by Crippen LogP contribution is -2.35. The molecule has 1 aliphatic rings. The van der Waals surface area contributed by atoms with Crippen LogP contribution in [-0.4, -0.2) is 43.5 Å². The van der Waals surface area contributed by atoms with Crippen LogP contribution in [0.1, 0.15) is 24.9 Å². The Bertz CT molecular complexity index is 504. The number of ether oxygens (including phenoxy) is 3. The molecule has 1 heterocycles. The molecule has 114 valence electrons. The summed E-state index contributed by atoms with van der Waals surface area (Å²) in [6, 6.07) is 9.28. The molecule has 1 amide bonds. The summed E-state index contributed by atoms with van der Waals surface area (Å²) in [5, 5.41) is 0. The smallest absolute Gasteiger partial charge is 0.453 e. The zero-order valence-electron chi connectivity index (χ0n) is 12.3. The first-order valence-electron chi connectivity index (χ1n) is 6.76. The Balaban J connectivity index is 2.20. The molecule has 1 aliphatic heterocycles. The third-order valence-corrected chi connectivity index (χ3v) is 3.62. The Morgan fingerprint density at radius 1 is 1.33 bits per heavy atom. The van der Waals surface area contributed by atoms with E-state index < -0.39 is 18.4 Å². The summed E-state index contributed by atoms with van der Waals surface area (Å²) < 4.78 is 14.9. The molecule has 1 aromatic carbocycles. The topological polar surface area (TPSA) is 65.1 Å². The molecule has 0 N–H and O–H groups in total. The van der Waals surface area contributed by atoms with Crippen molar-refractivity contribution < 1.29 is 23.8 Å². The fraction of sp³-hybridized carbons (Fsp3) is 0.467. The molecule has 0 saturated carbocycles. The molecule has 0 unspecified atom stereocenters. The Kier molecular flexibility index (Phi) is 4.67. The number of amides is 1. The van der Waals surface area contributed by atoms with Gasteiger partial charge in [0.15, 0.2) is 0 Å². The number of cyclic esters (lactones) is 2. The van der Waals surface area contributed by atoms with Gasteiger partial charge in [0.05, 0.1) is 13.2 Å². The molecule has 21 heavy (non-hydrogen) atoms. The number of carbonyl (C=O) groups is 2. The van der Waals surface area contributed by atoms with Gasteiger partial charge in [-0.15, -0.1) is 0 Å². The van der Waals surface area contributed by atoms with Crippen LogP contribution in [0.2, 0.25) is 0 Å². The van der Waals surface area contributed by atoms with E-state index in [-0.39, 0.29) is 12.1 Å².